The minimum absolute atomic E-state index is 0.404. The Labute approximate surface area is 138 Å². The molecule has 1 amide bonds. The van der Waals surface area contributed by atoms with Gasteiger partial charge in [-0.25, -0.2) is 0 Å². The normalized spacial score (nSPS) is 19.7. The Morgan fingerprint density at radius 3 is 1.83 bits per heavy atom. The Hall–Kier alpha value is -1.53. The van der Waals surface area contributed by atoms with E-state index in [-0.39, 0.29) is 0 Å². The van der Waals surface area contributed by atoms with Crippen LogP contribution in [-0.4, -0.2) is 30.0 Å². The van der Waals surface area contributed by atoms with Crippen LogP contribution in [0.4, 0.5) is 10.5 Å². The molecule has 2 rings (SSSR count). The van der Waals surface area contributed by atoms with Crippen molar-refractivity contribution in [1.29, 1.82) is 0 Å². The van der Waals surface area contributed by atoms with Gasteiger partial charge < -0.3 is 24.1 Å². The van der Waals surface area contributed by atoms with Gasteiger partial charge in [0.1, 0.15) is 6.09 Å². The van der Waals surface area contributed by atoms with Gasteiger partial charge in [-0.05, 0) is 66.1 Å². The predicted octanol–water partition coefficient (Wildman–Crippen LogP) is 1.93. The lowest BCUT2D eigenvalue weighted by molar-refractivity contribution is -0.247. The van der Waals surface area contributed by atoms with Crippen molar-refractivity contribution >= 4 is 24.4 Å². The zero-order valence-electron chi connectivity index (χ0n) is 15.0. The molecule has 1 aromatic carbocycles. The number of carbonyl (C=O) groups is 1. The first-order valence-electron chi connectivity index (χ1n) is 7.82. The molecule has 6 heteroatoms. The van der Waals surface area contributed by atoms with Crippen molar-refractivity contribution < 1.29 is 19.2 Å². The first-order chi connectivity index (χ1) is 10.3. The molecule has 23 heavy (non-hydrogen) atoms. The highest BCUT2D eigenvalue weighted by molar-refractivity contribution is 6.62. The van der Waals surface area contributed by atoms with E-state index < -0.39 is 30.0 Å². The molecule has 1 aliphatic rings. The largest absolute Gasteiger partial charge is 0.530 e. The van der Waals surface area contributed by atoms with Crippen LogP contribution in [0.2, 0.25) is 0 Å². The lowest BCUT2D eigenvalue weighted by Gasteiger charge is -2.37. The highest BCUT2D eigenvalue weighted by atomic mass is 16.7. The molecular formula is C17H25BNO4-. The summed E-state index contributed by atoms with van der Waals surface area (Å²) < 4.78 is 12.0. The number of anilines is 1. The van der Waals surface area contributed by atoms with Gasteiger partial charge in [-0.1, -0.05) is 12.1 Å². The van der Waals surface area contributed by atoms with Crippen molar-refractivity contribution in [1.82, 2.24) is 0 Å². The lowest BCUT2D eigenvalue weighted by Crippen LogP contribution is -2.52. The number of carbonyl (C=O) groups excluding carboxylic acids is 1. The number of amides is 1. The molecule has 1 saturated heterocycles. The van der Waals surface area contributed by atoms with E-state index >= 15 is 0 Å². The maximum absolute atomic E-state index is 11.4. The summed E-state index contributed by atoms with van der Waals surface area (Å²) in [5, 5.41) is 11.4. The average molecular weight is 318 g/mol. The molecule has 0 radical (unpaired) electrons. The second-order valence-corrected chi connectivity index (χ2v) is 7.95. The molecule has 1 fully saturated rings. The van der Waals surface area contributed by atoms with Crippen LogP contribution in [0, 0.1) is 0 Å². The van der Waals surface area contributed by atoms with Gasteiger partial charge in [-0.2, -0.15) is 0 Å². The molecule has 1 heterocycles. The molecule has 0 bridgehead atoms. The number of hydrogen-bond acceptors (Lipinski definition) is 4. The topological polar surface area (TPSA) is 61.8 Å². The summed E-state index contributed by atoms with van der Waals surface area (Å²) in [6.45, 7) is 13.5. The van der Waals surface area contributed by atoms with Gasteiger partial charge in [-0.3, -0.25) is 0 Å². The van der Waals surface area contributed by atoms with Crippen molar-refractivity contribution in [2.75, 3.05) is 4.90 Å². The zero-order chi connectivity index (χ0) is 17.6. The standard InChI is InChI=1S/C17H26BNO4/c1-15(2,3)19(14(20)21)13-10-8-12(9-11-13)18-22-16(4,5)17(6,7)23-18/h8-11H,1-7H3,(H,20,21)/p-1. The van der Waals surface area contributed by atoms with Gasteiger partial charge in [0.15, 0.2) is 0 Å². The second kappa shape index (κ2) is 5.53. The Bertz CT molecular complexity index is 574. The highest BCUT2D eigenvalue weighted by Crippen LogP contribution is 2.36. The Kier molecular flexibility index (Phi) is 4.28. The number of nitrogens with zero attached hydrogens (tertiary/aromatic N) is 1. The second-order valence-electron chi connectivity index (χ2n) is 7.95. The van der Waals surface area contributed by atoms with Crippen LogP contribution in [0.25, 0.3) is 0 Å². The Morgan fingerprint density at radius 2 is 1.48 bits per heavy atom. The number of hydrogen-bond donors (Lipinski definition) is 0. The van der Waals surface area contributed by atoms with Crippen molar-refractivity contribution in [3.63, 3.8) is 0 Å². The minimum Gasteiger partial charge on any atom is -0.530 e. The van der Waals surface area contributed by atoms with Crippen molar-refractivity contribution in [2.45, 2.75) is 65.2 Å². The van der Waals surface area contributed by atoms with Crippen molar-refractivity contribution in [3.05, 3.63) is 24.3 Å². The molecule has 1 aromatic rings. The monoisotopic (exact) mass is 318 g/mol. The number of carboxylic acid groups (broad SMARTS) is 1. The molecule has 0 spiro atoms. The summed E-state index contributed by atoms with van der Waals surface area (Å²) >= 11 is 0. The van der Waals surface area contributed by atoms with E-state index in [1.165, 1.54) is 4.90 Å². The van der Waals surface area contributed by atoms with Crippen LogP contribution < -0.4 is 15.5 Å². The molecule has 0 saturated carbocycles. The summed E-state index contributed by atoms with van der Waals surface area (Å²) in [4.78, 5) is 12.7. The molecule has 1 aliphatic heterocycles. The third kappa shape index (κ3) is 3.38. The van der Waals surface area contributed by atoms with Crippen LogP contribution in [0.1, 0.15) is 48.5 Å². The summed E-state index contributed by atoms with van der Waals surface area (Å²) in [6.07, 6.45) is -1.22. The Balaban J connectivity index is 2.26. The smallest absolute Gasteiger partial charge is 0.494 e. The van der Waals surface area contributed by atoms with Gasteiger partial charge in [0.05, 0.1) is 11.2 Å². The fourth-order valence-electron chi connectivity index (χ4n) is 2.53. The van der Waals surface area contributed by atoms with Crippen molar-refractivity contribution in [3.8, 4) is 0 Å². The van der Waals surface area contributed by atoms with Crippen LogP contribution in [-0.2, 0) is 9.31 Å². The van der Waals surface area contributed by atoms with Gasteiger partial charge >= 0.3 is 7.12 Å². The lowest BCUT2D eigenvalue weighted by atomic mass is 9.79. The molecule has 0 atom stereocenters. The molecule has 126 valence electrons. The molecule has 0 unspecified atom stereocenters. The Morgan fingerprint density at radius 1 is 1.04 bits per heavy atom. The first kappa shape index (κ1) is 17.8. The fraction of sp³-hybridized carbons (Fsp3) is 0.588. The van der Waals surface area contributed by atoms with Gasteiger partial charge in [0, 0.05) is 11.2 Å². The van der Waals surface area contributed by atoms with Crippen LogP contribution in [0.15, 0.2) is 24.3 Å². The molecule has 0 aromatic heterocycles. The SMILES string of the molecule is CC(C)(C)N(C(=O)[O-])c1ccc(B2OC(C)(C)C(C)(C)O2)cc1. The van der Waals surface area contributed by atoms with Crippen LogP contribution >= 0.6 is 0 Å². The minimum atomic E-state index is -1.22. The van der Waals surface area contributed by atoms with Crippen LogP contribution in [0.3, 0.4) is 0 Å². The predicted molar refractivity (Wildman–Crippen MR) is 89.8 cm³/mol. The molecule has 0 aliphatic carbocycles. The molecule has 0 N–H and O–H groups in total. The third-order valence-electron chi connectivity index (χ3n) is 4.53. The van der Waals surface area contributed by atoms with E-state index in [0.29, 0.717) is 5.69 Å². The summed E-state index contributed by atoms with van der Waals surface area (Å²) in [5.74, 6) is 0. The van der Waals surface area contributed by atoms with Crippen molar-refractivity contribution in [2.24, 2.45) is 0 Å². The van der Waals surface area contributed by atoms with E-state index in [1.807, 2.05) is 60.6 Å². The van der Waals surface area contributed by atoms with E-state index in [2.05, 4.69) is 0 Å². The van der Waals surface area contributed by atoms with Gasteiger partial charge in [-0.15, -0.1) is 0 Å². The number of rotatable bonds is 2. The fourth-order valence-corrected chi connectivity index (χ4v) is 2.53. The summed E-state index contributed by atoms with van der Waals surface area (Å²) in [5.41, 5.74) is 0.0414. The maximum atomic E-state index is 11.4. The van der Waals surface area contributed by atoms with Crippen LogP contribution in [0.5, 0.6) is 0 Å². The van der Waals surface area contributed by atoms with E-state index in [1.54, 1.807) is 12.1 Å². The first-order valence-corrected chi connectivity index (χ1v) is 7.82. The van der Waals surface area contributed by atoms with Gasteiger partial charge in [0.25, 0.3) is 0 Å². The number of benzene rings is 1. The summed E-state index contributed by atoms with van der Waals surface area (Å²) in [6, 6.07) is 7.17. The van der Waals surface area contributed by atoms with E-state index in [4.69, 9.17) is 9.31 Å². The maximum Gasteiger partial charge on any atom is 0.494 e. The third-order valence-corrected chi connectivity index (χ3v) is 4.53. The summed E-state index contributed by atoms with van der Waals surface area (Å²) in [7, 11) is -0.458. The molecular weight excluding hydrogens is 293 g/mol. The zero-order valence-corrected chi connectivity index (χ0v) is 15.0. The highest BCUT2D eigenvalue weighted by Gasteiger charge is 2.51. The quantitative estimate of drug-likeness (QED) is 0.782. The van der Waals surface area contributed by atoms with E-state index in [0.717, 1.165) is 5.46 Å². The van der Waals surface area contributed by atoms with E-state index in [9.17, 15) is 9.90 Å². The average Bonchev–Trinajstić information content (AvgIpc) is 2.57. The molecule has 5 nitrogen and oxygen atoms in total. The van der Waals surface area contributed by atoms with Gasteiger partial charge in [0.2, 0.25) is 0 Å².